The Labute approximate surface area is 171 Å². The molecule has 3 heterocycles. The number of para-hydroxylation sites is 5. The lowest BCUT2D eigenvalue weighted by Gasteiger charge is -2.09. The van der Waals surface area contributed by atoms with Crippen molar-refractivity contribution < 1.29 is 4.42 Å². The van der Waals surface area contributed by atoms with E-state index < -0.39 is 0 Å². The standard InChI is InChI=1S/C26H15N3O/c1-3-12-20-18(9-1)25-28-21-13-4-5-14-22(21)29(25)26(27-20)19-11-7-10-17-16-8-2-6-15-23(16)30-24(17)19/h1-15H. The van der Waals surface area contributed by atoms with Crippen molar-refractivity contribution in [3.63, 3.8) is 0 Å². The van der Waals surface area contributed by atoms with Gasteiger partial charge < -0.3 is 4.42 Å². The molecule has 0 spiro atoms. The SMILES string of the molecule is c1ccc2c(c1)nc(-c1cccc3c1oc1ccccc13)n1c3ccccc3nc21. The van der Waals surface area contributed by atoms with Crippen molar-refractivity contribution >= 4 is 49.5 Å². The number of furan rings is 1. The second kappa shape index (κ2) is 5.67. The molecule has 0 saturated heterocycles. The van der Waals surface area contributed by atoms with E-state index in [9.17, 15) is 0 Å². The number of hydrogen-bond donors (Lipinski definition) is 0. The maximum atomic E-state index is 6.31. The Morgan fingerprint density at radius 1 is 0.600 bits per heavy atom. The molecule has 0 N–H and O–H groups in total. The van der Waals surface area contributed by atoms with Gasteiger partial charge in [-0.2, -0.15) is 0 Å². The van der Waals surface area contributed by atoms with Gasteiger partial charge in [-0.05, 0) is 36.4 Å². The highest BCUT2D eigenvalue weighted by Crippen LogP contribution is 2.37. The molecule has 30 heavy (non-hydrogen) atoms. The summed E-state index contributed by atoms with van der Waals surface area (Å²) in [6.07, 6.45) is 0. The molecule has 0 saturated carbocycles. The Morgan fingerprint density at radius 2 is 1.33 bits per heavy atom. The van der Waals surface area contributed by atoms with E-state index in [1.807, 2.05) is 54.6 Å². The topological polar surface area (TPSA) is 43.3 Å². The van der Waals surface area contributed by atoms with E-state index in [4.69, 9.17) is 14.4 Å². The molecule has 0 bridgehead atoms. The Hall–Kier alpha value is -4.18. The molecule has 0 aliphatic carbocycles. The molecule has 140 valence electrons. The highest BCUT2D eigenvalue weighted by atomic mass is 16.3. The number of rotatable bonds is 1. The predicted molar refractivity (Wildman–Crippen MR) is 121 cm³/mol. The molecular weight excluding hydrogens is 370 g/mol. The predicted octanol–water partition coefficient (Wildman–Crippen LogP) is 6.60. The minimum absolute atomic E-state index is 0.835. The summed E-state index contributed by atoms with van der Waals surface area (Å²) >= 11 is 0. The van der Waals surface area contributed by atoms with E-state index >= 15 is 0 Å². The second-order valence-electron chi connectivity index (χ2n) is 7.49. The fourth-order valence-electron chi connectivity index (χ4n) is 4.45. The van der Waals surface area contributed by atoms with Crippen LogP contribution in [0.3, 0.4) is 0 Å². The fraction of sp³-hybridized carbons (Fsp3) is 0. The fourth-order valence-corrected chi connectivity index (χ4v) is 4.45. The number of nitrogens with zero attached hydrogens (tertiary/aromatic N) is 3. The summed E-state index contributed by atoms with van der Waals surface area (Å²) in [5, 5.41) is 3.24. The van der Waals surface area contributed by atoms with Crippen LogP contribution in [0.1, 0.15) is 0 Å². The van der Waals surface area contributed by atoms with Crippen LogP contribution in [0, 0.1) is 0 Å². The second-order valence-corrected chi connectivity index (χ2v) is 7.49. The monoisotopic (exact) mass is 385 g/mol. The van der Waals surface area contributed by atoms with Gasteiger partial charge in [-0.15, -0.1) is 0 Å². The number of aromatic nitrogens is 3. The van der Waals surface area contributed by atoms with Gasteiger partial charge >= 0.3 is 0 Å². The smallest absolute Gasteiger partial charge is 0.150 e. The molecule has 0 unspecified atom stereocenters. The zero-order valence-electron chi connectivity index (χ0n) is 15.9. The van der Waals surface area contributed by atoms with Crippen LogP contribution >= 0.6 is 0 Å². The van der Waals surface area contributed by atoms with Gasteiger partial charge in [0.25, 0.3) is 0 Å². The van der Waals surface area contributed by atoms with Crippen LogP contribution in [0.2, 0.25) is 0 Å². The van der Waals surface area contributed by atoms with E-state index in [1.165, 1.54) is 0 Å². The molecule has 3 aromatic heterocycles. The lowest BCUT2D eigenvalue weighted by Crippen LogP contribution is -1.98. The van der Waals surface area contributed by atoms with E-state index in [2.05, 4.69) is 40.8 Å². The number of imidazole rings is 1. The number of hydrogen-bond acceptors (Lipinski definition) is 3. The van der Waals surface area contributed by atoms with Gasteiger partial charge in [0, 0.05) is 16.2 Å². The third-order valence-corrected chi connectivity index (χ3v) is 5.79. The van der Waals surface area contributed by atoms with Crippen LogP contribution in [0.4, 0.5) is 0 Å². The first-order valence-corrected chi connectivity index (χ1v) is 9.95. The zero-order valence-corrected chi connectivity index (χ0v) is 15.9. The Kier molecular flexibility index (Phi) is 2.97. The van der Waals surface area contributed by atoms with E-state index in [0.29, 0.717) is 0 Å². The molecule has 4 heteroatoms. The number of benzene rings is 4. The van der Waals surface area contributed by atoms with Gasteiger partial charge in [-0.1, -0.05) is 54.6 Å². The molecule has 4 nitrogen and oxygen atoms in total. The first-order chi connectivity index (χ1) is 14.9. The van der Waals surface area contributed by atoms with Crippen LogP contribution in [0.5, 0.6) is 0 Å². The van der Waals surface area contributed by atoms with Crippen molar-refractivity contribution in [2.24, 2.45) is 0 Å². The van der Waals surface area contributed by atoms with Crippen molar-refractivity contribution in [2.45, 2.75) is 0 Å². The van der Waals surface area contributed by atoms with Crippen molar-refractivity contribution in [2.75, 3.05) is 0 Å². The maximum absolute atomic E-state index is 6.31. The van der Waals surface area contributed by atoms with Crippen LogP contribution in [-0.2, 0) is 0 Å². The first kappa shape index (κ1) is 15.7. The summed E-state index contributed by atoms with van der Waals surface area (Å²) in [5.41, 5.74) is 6.51. The zero-order chi connectivity index (χ0) is 19.7. The van der Waals surface area contributed by atoms with Crippen LogP contribution < -0.4 is 0 Å². The normalized spacial score (nSPS) is 12.0. The Bertz CT molecular complexity index is 1760. The summed E-state index contributed by atoms with van der Waals surface area (Å²) in [6.45, 7) is 0. The van der Waals surface area contributed by atoms with Crippen molar-refractivity contribution in [1.29, 1.82) is 0 Å². The average Bonchev–Trinajstić information content (AvgIpc) is 3.37. The van der Waals surface area contributed by atoms with Crippen molar-refractivity contribution in [3.05, 3.63) is 91.0 Å². The van der Waals surface area contributed by atoms with Gasteiger partial charge in [0.05, 0.1) is 22.1 Å². The molecule has 0 radical (unpaired) electrons. The maximum Gasteiger partial charge on any atom is 0.150 e. The molecule has 0 aliphatic rings. The molecular formula is C26H15N3O. The van der Waals surface area contributed by atoms with Gasteiger partial charge in [-0.25, -0.2) is 9.97 Å². The summed E-state index contributed by atoms with van der Waals surface area (Å²) in [7, 11) is 0. The highest BCUT2D eigenvalue weighted by Gasteiger charge is 2.19. The molecule has 0 atom stereocenters. The minimum atomic E-state index is 0.835. The minimum Gasteiger partial charge on any atom is -0.455 e. The van der Waals surface area contributed by atoms with Gasteiger partial charge in [0.1, 0.15) is 16.8 Å². The number of fused-ring (bicyclic) bond motifs is 8. The largest absolute Gasteiger partial charge is 0.455 e. The van der Waals surface area contributed by atoms with Gasteiger partial charge in [0.2, 0.25) is 0 Å². The third kappa shape index (κ3) is 2.00. The molecule has 0 fully saturated rings. The Balaban J connectivity index is 1.72. The highest BCUT2D eigenvalue weighted by molar-refractivity contribution is 6.10. The molecule has 0 amide bonds. The van der Waals surface area contributed by atoms with E-state index in [-0.39, 0.29) is 0 Å². The van der Waals surface area contributed by atoms with Crippen LogP contribution in [-0.4, -0.2) is 14.4 Å². The molecule has 7 aromatic rings. The summed E-state index contributed by atoms with van der Waals surface area (Å²) in [4.78, 5) is 10.0. The van der Waals surface area contributed by atoms with E-state index in [1.54, 1.807) is 0 Å². The van der Waals surface area contributed by atoms with Gasteiger partial charge in [-0.3, -0.25) is 4.40 Å². The van der Waals surface area contributed by atoms with Crippen molar-refractivity contribution in [3.8, 4) is 11.4 Å². The summed E-state index contributed by atoms with van der Waals surface area (Å²) in [6, 6.07) is 30.8. The molecule has 7 rings (SSSR count). The van der Waals surface area contributed by atoms with Crippen LogP contribution in [0.25, 0.3) is 60.9 Å². The quantitative estimate of drug-likeness (QED) is 0.320. The molecule has 0 aliphatic heterocycles. The summed E-state index contributed by atoms with van der Waals surface area (Å²) < 4.78 is 8.47. The lowest BCUT2D eigenvalue weighted by molar-refractivity contribution is 0.669. The first-order valence-electron chi connectivity index (χ1n) is 9.95. The molecule has 4 aromatic carbocycles. The van der Waals surface area contributed by atoms with Crippen molar-refractivity contribution in [1.82, 2.24) is 14.4 Å². The van der Waals surface area contributed by atoms with Crippen LogP contribution in [0.15, 0.2) is 95.4 Å². The third-order valence-electron chi connectivity index (χ3n) is 5.79. The van der Waals surface area contributed by atoms with Gasteiger partial charge in [0.15, 0.2) is 5.82 Å². The average molecular weight is 385 g/mol. The summed E-state index contributed by atoms with van der Waals surface area (Å²) in [5.74, 6) is 0.835. The lowest BCUT2D eigenvalue weighted by atomic mass is 10.1. The van der Waals surface area contributed by atoms with E-state index in [0.717, 1.165) is 60.9 Å². The Morgan fingerprint density at radius 3 is 2.27 bits per heavy atom.